The molecule has 0 fully saturated rings. The standard InChI is InChI=1S/C12H16ClNO2/c13-11-3-1-2-10-9(11)4-5-12(10)14-8(6-15)7-16/h1-3,8,12,14-16H,4-7H2. The largest absolute Gasteiger partial charge is 0.395 e. The van der Waals surface area contributed by atoms with Gasteiger partial charge in [0.15, 0.2) is 0 Å². The molecule has 1 atom stereocenters. The Morgan fingerprint density at radius 3 is 2.81 bits per heavy atom. The molecule has 3 N–H and O–H groups in total. The van der Waals surface area contributed by atoms with Crippen LogP contribution in [0.4, 0.5) is 0 Å². The minimum atomic E-state index is -0.255. The lowest BCUT2D eigenvalue weighted by molar-refractivity contribution is 0.162. The van der Waals surface area contributed by atoms with Crippen LogP contribution in [0.2, 0.25) is 5.02 Å². The second-order valence-electron chi connectivity index (χ2n) is 4.13. The molecule has 0 radical (unpaired) electrons. The molecular formula is C12H16ClNO2. The van der Waals surface area contributed by atoms with E-state index in [1.165, 1.54) is 11.1 Å². The Morgan fingerprint density at radius 2 is 2.12 bits per heavy atom. The Hall–Kier alpha value is -0.610. The Labute approximate surface area is 100 Å². The van der Waals surface area contributed by atoms with Gasteiger partial charge in [-0.15, -0.1) is 0 Å². The summed E-state index contributed by atoms with van der Waals surface area (Å²) in [5, 5.41) is 22.1. The molecule has 0 saturated heterocycles. The third-order valence-electron chi connectivity index (χ3n) is 3.09. The van der Waals surface area contributed by atoms with Gasteiger partial charge in [0.1, 0.15) is 0 Å². The summed E-state index contributed by atoms with van der Waals surface area (Å²) in [4.78, 5) is 0. The molecule has 1 aromatic carbocycles. The molecule has 0 spiro atoms. The van der Waals surface area contributed by atoms with E-state index in [4.69, 9.17) is 21.8 Å². The fraction of sp³-hybridized carbons (Fsp3) is 0.500. The van der Waals surface area contributed by atoms with Gasteiger partial charge in [-0.2, -0.15) is 0 Å². The summed E-state index contributed by atoms with van der Waals surface area (Å²) >= 11 is 6.11. The number of benzene rings is 1. The van der Waals surface area contributed by atoms with E-state index in [9.17, 15) is 0 Å². The molecule has 0 bridgehead atoms. The third kappa shape index (κ3) is 2.23. The first-order valence-corrected chi connectivity index (χ1v) is 5.89. The van der Waals surface area contributed by atoms with Crippen molar-refractivity contribution >= 4 is 11.6 Å². The van der Waals surface area contributed by atoms with Crippen LogP contribution in [0.3, 0.4) is 0 Å². The molecule has 0 heterocycles. The molecule has 4 heteroatoms. The van der Waals surface area contributed by atoms with Crippen molar-refractivity contribution in [2.75, 3.05) is 13.2 Å². The van der Waals surface area contributed by atoms with Crippen LogP contribution in [-0.4, -0.2) is 29.5 Å². The first-order valence-electron chi connectivity index (χ1n) is 5.51. The van der Waals surface area contributed by atoms with Crippen LogP contribution < -0.4 is 5.32 Å². The van der Waals surface area contributed by atoms with Gasteiger partial charge in [-0.05, 0) is 30.0 Å². The molecule has 16 heavy (non-hydrogen) atoms. The van der Waals surface area contributed by atoms with Crippen molar-refractivity contribution in [3.8, 4) is 0 Å². The average molecular weight is 242 g/mol. The zero-order valence-electron chi connectivity index (χ0n) is 8.99. The van der Waals surface area contributed by atoms with Gasteiger partial charge in [0, 0.05) is 11.1 Å². The minimum absolute atomic E-state index is 0.0527. The highest BCUT2D eigenvalue weighted by molar-refractivity contribution is 6.31. The third-order valence-corrected chi connectivity index (χ3v) is 3.45. The molecule has 88 valence electrons. The highest BCUT2D eigenvalue weighted by Gasteiger charge is 2.25. The Balaban J connectivity index is 2.14. The molecule has 1 aromatic rings. The SMILES string of the molecule is OCC(CO)NC1CCc2c(Cl)cccc21. The number of rotatable bonds is 4. The Bertz CT molecular complexity index is 366. The smallest absolute Gasteiger partial charge is 0.0607 e. The van der Waals surface area contributed by atoms with Crippen molar-refractivity contribution in [3.05, 3.63) is 34.3 Å². The van der Waals surface area contributed by atoms with E-state index in [2.05, 4.69) is 11.4 Å². The van der Waals surface area contributed by atoms with E-state index >= 15 is 0 Å². The number of fused-ring (bicyclic) bond motifs is 1. The highest BCUT2D eigenvalue weighted by Crippen LogP contribution is 2.35. The molecule has 0 amide bonds. The minimum Gasteiger partial charge on any atom is -0.395 e. The first-order chi connectivity index (χ1) is 7.76. The molecule has 2 rings (SSSR count). The molecule has 3 nitrogen and oxygen atoms in total. The molecule has 0 aromatic heterocycles. The van der Waals surface area contributed by atoms with E-state index in [0.29, 0.717) is 0 Å². The Kier molecular flexibility index (Phi) is 3.82. The van der Waals surface area contributed by atoms with Crippen molar-refractivity contribution < 1.29 is 10.2 Å². The lowest BCUT2D eigenvalue weighted by Crippen LogP contribution is -2.37. The van der Waals surface area contributed by atoms with Crippen molar-refractivity contribution in [2.24, 2.45) is 0 Å². The lowest BCUT2D eigenvalue weighted by Gasteiger charge is -2.20. The van der Waals surface area contributed by atoms with E-state index in [0.717, 1.165) is 17.9 Å². The summed E-state index contributed by atoms with van der Waals surface area (Å²) in [7, 11) is 0. The van der Waals surface area contributed by atoms with Gasteiger partial charge < -0.3 is 15.5 Å². The van der Waals surface area contributed by atoms with Gasteiger partial charge in [-0.25, -0.2) is 0 Å². The maximum absolute atomic E-state index is 9.04. The number of aliphatic hydroxyl groups is 2. The predicted molar refractivity (Wildman–Crippen MR) is 63.6 cm³/mol. The molecule has 0 aliphatic heterocycles. The summed E-state index contributed by atoms with van der Waals surface area (Å²) < 4.78 is 0. The first kappa shape index (κ1) is 11.9. The lowest BCUT2D eigenvalue weighted by atomic mass is 10.1. The second-order valence-corrected chi connectivity index (χ2v) is 4.53. The van der Waals surface area contributed by atoms with Gasteiger partial charge in [0.05, 0.1) is 19.3 Å². The summed E-state index contributed by atoms with van der Waals surface area (Å²) in [5.74, 6) is 0. The van der Waals surface area contributed by atoms with Crippen LogP contribution in [-0.2, 0) is 6.42 Å². The second kappa shape index (κ2) is 5.15. The summed E-state index contributed by atoms with van der Waals surface area (Å²) in [6.45, 7) is -0.105. The highest BCUT2D eigenvalue weighted by atomic mass is 35.5. The predicted octanol–water partition coefficient (Wildman–Crippen LogP) is 1.27. The Morgan fingerprint density at radius 1 is 1.38 bits per heavy atom. The average Bonchev–Trinajstić information content (AvgIpc) is 2.71. The summed E-state index contributed by atoms with van der Waals surface area (Å²) in [6, 6.07) is 5.83. The molecule has 1 unspecified atom stereocenters. The maximum atomic E-state index is 9.04. The van der Waals surface area contributed by atoms with E-state index < -0.39 is 0 Å². The molecule has 0 saturated carbocycles. The normalized spacial score (nSPS) is 19.1. The number of hydrogen-bond donors (Lipinski definition) is 3. The topological polar surface area (TPSA) is 52.5 Å². The molecular weight excluding hydrogens is 226 g/mol. The maximum Gasteiger partial charge on any atom is 0.0607 e. The summed E-state index contributed by atoms with van der Waals surface area (Å²) in [5.41, 5.74) is 2.38. The van der Waals surface area contributed by atoms with Crippen LogP contribution >= 0.6 is 11.6 Å². The van der Waals surface area contributed by atoms with E-state index in [1.54, 1.807) is 0 Å². The number of nitrogens with one attached hydrogen (secondary N) is 1. The fourth-order valence-electron chi connectivity index (χ4n) is 2.23. The van der Waals surface area contributed by atoms with Gasteiger partial charge in [0.25, 0.3) is 0 Å². The fourth-order valence-corrected chi connectivity index (χ4v) is 2.51. The van der Waals surface area contributed by atoms with Gasteiger partial charge in [-0.3, -0.25) is 0 Å². The van der Waals surface area contributed by atoms with Crippen LogP contribution in [0.15, 0.2) is 18.2 Å². The van der Waals surface area contributed by atoms with E-state index in [1.807, 2.05) is 12.1 Å². The van der Waals surface area contributed by atoms with Crippen molar-refractivity contribution in [3.63, 3.8) is 0 Å². The van der Waals surface area contributed by atoms with Crippen LogP contribution in [0.1, 0.15) is 23.6 Å². The zero-order chi connectivity index (χ0) is 11.5. The van der Waals surface area contributed by atoms with Crippen LogP contribution in [0.5, 0.6) is 0 Å². The molecule has 1 aliphatic carbocycles. The number of halogens is 1. The zero-order valence-corrected chi connectivity index (χ0v) is 9.74. The van der Waals surface area contributed by atoms with Crippen molar-refractivity contribution in [1.82, 2.24) is 5.32 Å². The van der Waals surface area contributed by atoms with Gasteiger partial charge in [0.2, 0.25) is 0 Å². The van der Waals surface area contributed by atoms with Gasteiger partial charge in [-0.1, -0.05) is 23.7 Å². The summed E-state index contributed by atoms with van der Waals surface area (Å²) in [6.07, 6.45) is 1.92. The number of hydrogen-bond acceptors (Lipinski definition) is 3. The van der Waals surface area contributed by atoms with Gasteiger partial charge >= 0.3 is 0 Å². The van der Waals surface area contributed by atoms with E-state index in [-0.39, 0.29) is 25.3 Å². The van der Waals surface area contributed by atoms with Crippen molar-refractivity contribution in [1.29, 1.82) is 0 Å². The number of aliphatic hydroxyl groups excluding tert-OH is 2. The van der Waals surface area contributed by atoms with Crippen molar-refractivity contribution in [2.45, 2.75) is 24.9 Å². The quantitative estimate of drug-likeness (QED) is 0.744. The van der Waals surface area contributed by atoms with Crippen LogP contribution in [0.25, 0.3) is 0 Å². The molecule has 1 aliphatic rings. The monoisotopic (exact) mass is 241 g/mol. The van der Waals surface area contributed by atoms with Crippen LogP contribution in [0, 0.1) is 0 Å².